The van der Waals surface area contributed by atoms with Crippen molar-refractivity contribution < 1.29 is 4.79 Å². The van der Waals surface area contributed by atoms with Gasteiger partial charge in [-0.2, -0.15) is 5.10 Å². The van der Waals surface area contributed by atoms with Crippen LogP contribution >= 0.6 is 0 Å². The van der Waals surface area contributed by atoms with Crippen LogP contribution in [0.3, 0.4) is 0 Å². The van der Waals surface area contributed by atoms with E-state index in [1.807, 2.05) is 0 Å². The van der Waals surface area contributed by atoms with Crippen LogP contribution in [0.15, 0.2) is 41.5 Å². The molecule has 5 nitrogen and oxygen atoms in total. The van der Waals surface area contributed by atoms with Gasteiger partial charge in [-0.25, -0.2) is 5.01 Å². The molecule has 1 amide bonds. The van der Waals surface area contributed by atoms with E-state index in [9.17, 15) is 4.79 Å². The molecule has 0 spiro atoms. The molecular weight excluding hydrogens is 396 g/mol. The van der Waals surface area contributed by atoms with Gasteiger partial charge in [-0.1, -0.05) is 48.4 Å². The number of hydrazone groups is 1. The molecule has 2 heterocycles. The maximum Gasteiger partial charge on any atom is 0.257 e. The van der Waals surface area contributed by atoms with Gasteiger partial charge in [-0.15, -0.1) is 0 Å². The highest BCUT2D eigenvalue weighted by Gasteiger charge is 2.35. The second-order valence-corrected chi connectivity index (χ2v) is 9.39. The molecule has 2 aromatic carbocycles. The summed E-state index contributed by atoms with van der Waals surface area (Å²) < 4.78 is 0. The zero-order valence-electron chi connectivity index (χ0n) is 20.2. The van der Waals surface area contributed by atoms with Crippen LogP contribution in [0.1, 0.15) is 52.8 Å². The molecule has 0 aliphatic carbocycles. The molecule has 0 bridgehead atoms. The third kappa shape index (κ3) is 4.79. The monoisotopic (exact) mass is 432 g/mol. The lowest BCUT2D eigenvalue weighted by molar-refractivity contribution is -0.134. The normalized spacial score (nSPS) is 20.0. The fourth-order valence-electron chi connectivity index (χ4n) is 4.84. The number of hydrogen-bond acceptors (Lipinski definition) is 4. The van der Waals surface area contributed by atoms with E-state index in [4.69, 9.17) is 5.10 Å². The van der Waals surface area contributed by atoms with Gasteiger partial charge < -0.3 is 4.90 Å². The molecule has 1 atom stereocenters. The lowest BCUT2D eigenvalue weighted by Crippen LogP contribution is -2.49. The average molecular weight is 433 g/mol. The number of benzene rings is 2. The number of nitrogens with zero attached hydrogens (tertiary/aromatic N) is 4. The molecule has 1 fully saturated rings. The minimum Gasteiger partial charge on any atom is -0.301 e. The molecule has 0 saturated carbocycles. The number of aryl methyl sites for hydroxylation is 4. The number of hydrogen-bond donors (Lipinski definition) is 0. The van der Waals surface area contributed by atoms with Crippen LogP contribution in [0.2, 0.25) is 0 Å². The lowest BCUT2D eigenvalue weighted by Gasteiger charge is -2.34. The number of piperazine rings is 1. The minimum absolute atomic E-state index is 0.0470. The van der Waals surface area contributed by atoms with Crippen molar-refractivity contribution in [2.75, 3.05) is 39.3 Å². The Kier molecular flexibility index (Phi) is 6.77. The van der Waals surface area contributed by atoms with Crippen LogP contribution in [0, 0.1) is 27.7 Å². The van der Waals surface area contributed by atoms with Crippen molar-refractivity contribution in [2.45, 2.75) is 47.1 Å². The summed E-state index contributed by atoms with van der Waals surface area (Å²) in [7, 11) is 0. The summed E-state index contributed by atoms with van der Waals surface area (Å²) in [4.78, 5) is 18.3. The van der Waals surface area contributed by atoms with E-state index in [-0.39, 0.29) is 11.9 Å². The van der Waals surface area contributed by atoms with Gasteiger partial charge in [0.25, 0.3) is 5.91 Å². The predicted molar refractivity (Wildman–Crippen MR) is 131 cm³/mol. The maximum absolute atomic E-state index is 13.5. The highest BCUT2D eigenvalue weighted by molar-refractivity contribution is 6.04. The van der Waals surface area contributed by atoms with E-state index in [1.165, 1.54) is 27.8 Å². The zero-order valence-corrected chi connectivity index (χ0v) is 20.2. The van der Waals surface area contributed by atoms with Crippen molar-refractivity contribution in [1.29, 1.82) is 0 Å². The lowest BCUT2D eigenvalue weighted by atomic mass is 9.92. The second-order valence-electron chi connectivity index (χ2n) is 9.39. The minimum atomic E-state index is -0.0470. The molecule has 2 aliphatic heterocycles. The third-order valence-electron chi connectivity index (χ3n) is 6.93. The van der Waals surface area contributed by atoms with Crippen LogP contribution in [0.4, 0.5) is 0 Å². The smallest absolute Gasteiger partial charge is 0.257 e. The highest BCUT2D eigenvalue weighted by atomic mass is 16.2. The van der Waals surface area contributed by atoms with Crippen molar-refractivity contribution in [3.63, 3.8) is 0 Å². The molecule has 0 unspecified atom stereocenters. The molecule has 1 saturated heterocycles. The first-order valence-corrected chi connectivity index (χ1v) is 11.8. The standard InChI is InChI=1S/C27H36N4O/c1-6-29-11-13-30(14-12-29)18-27(32)31-26(24-16-20(3)8-10-22(24)5)17-25(28-31)23-15-19(2)7-9-21(23)4/h7-10,15-16,26H,6,11-14,17-18H2,1-5H3/t26-/m0/s1. The van der Waals surface area contributed by atoms with Crippen molar-refractivity contribution in [2.24, 2.45) is 5.10 Å². The summed E-state index contributed by atoms with van der Waals surface area (Å²) in [5.41, 5.74) is 8.24. The topological polar surface area (TPSA) is 39.1 Å². The van der Waals surface area contributed by atoms with E-state index < -0.39 is 0 Å². The number of rotatable bonds is 5. The summed E-state index contributed by atoms with van der Waals surface area (Å²) in [5.74, 6) is 0.0983. The number of carbonyl (C=O) groups excluding carboxylic acids is 1. The van der Waals surface area contributed by atoms with Crippen LogP contribution < -0.4 is 0 Å². The Balaban J connectivity index is 1.63. The number of carbonyl (C=O) groups is 1. The van der Waals surface area contributed by atoms with Crippen LogP contribution in [-0.2, 0) is 4.79 Å². The van der Waals surface area contributed by atoms with Crippen molar-refractivity contribution in [3.05, 3.63) is 69.8 Å². The maximum atomic E-state index is 13.5. The van der Waals surface area contributed by atoms with Crippen molar-refractivity contribution in [3.8, 4) is 0 Å². The van der Waals surface area contributed by atoms with E-state index in [0.717, 1.165) is 50.4 Å². The molecule has 0 radical (unpaired) electrons. The van der Waals surface area contributed by atoms with Crippen LogP contribution in [-0.4, -0.2) is 65.7 Å². The van der Waals surface area contributed by atoms with Crippen LogP contribution in [0.25, 0.3) is 0 Å². The van der Waals surface area contributed by atoms with Crippen LogP contribution in [0.5, 0.6) is 0 Å². The Hall–Kier alpha value is -2.50. The first-order chi connectivity index (χ1) is 15.4. The van der Waals surface area contributed by atoms with Gasteiger partial charge in [-0.05, 0) is 57.0 Å². The van der Waals surface area contributed by atoms with Gasteiger partial charge in [-0.3, -0.25) is 9.69 Å². The Morgan fingerprint density at radius 3 is 2.22 bits per heavy atom. The van der Waals surface area contributed by atoms with Gasteiger partial charge in [0.15, 0.2) is 0 Å². The second kappa shape index (κ2) is 9.55. The van der Waals surface area contributed by atoms with Crippen molar-refractivity contribution >= 4 is 11.6 Å². The van der Waals surface area contributed by atoms with Gasteiger partial charge in [0, 0.05) is 38.2 Å². The van der Waals surface area contributed by atoms with E-state index in [0.29, 0.717) is 6.54 Å². The average Bonchev–Trinajstić information content (AvgIpc) is 3.23. The Morgan fingerprint density at radius 2 is 1.53 bits per heavy atom. The number of amides is 1. The number of likely N-dealkylation sites (N-methyl/N-ethyl adjacent to an activating group) is 1. The predicted octanol–water partition coefficient (Wildman–Crippen LogP) is 4.24. The molecule has 32 heavy (non-hydrogen) atoms. The quantitative estimate of drug-likeness (QED) is 0.710. The molecule has 2 aromatic rings. The fraction of sp³-hybridized carbons (Fsp3) is 0.481. The highest BCUT2D eigenvalue weighted by Crippen LogP contribution is 2.35. The van der Waals surface area contributed by atoms with Gasteiger partial charge in [0.05, 0.1) is 18.3 Å². The largest absolute Gasteiger partial charge is 0.301 e. The summed E-state index contributed by atoms with van der Waals surface area (Å²) in [6, 6.07) is 13.0. The Labute approximate surface area is 192 Å². The van der Waals surface area contributed by atoms with Gasteiger partial charge in [0.2, 0.25) is 0 Å². The Bertz CT molecular complexity index is 1020. The fourth-order valence-corrected chi connectivity index (χ4v) is 4.84. The SMILES string of the molecule is CCN1CCN(CC(=O)N2N=C(c3cc(C)ccc3C)C[C@H]2c2cc(C)ccc2C)CC1. The van der Waals surface area contributed by atoms with E-state index in [2.05, 4.69) is 80.8 Å². The van der Waals surface area contributed by atoms with Gasteiger partial charge in [0.1, 0.15) is 0 Å². The summed E-state index contributed by atoms with van der Waals surface area (Å²) >= 11 is 0. The molecule has 4 rings (SSSR count). The van der Waals surface area contributed by atoms with E-state index >= 15 is 0 Å². The first-order valence-electron chi connectivity index (χ1n) is 11.8. The molecular formula is C27H36N4O. The summed E-state index contributed by atoms with van der Waals surface area (Å²) in [5, 5.41) is 6.73. The zero-order chi connectivity index (χ0) is 22.8. The third-order valence-corrected chi connectivity index (χ3v) is 6.93. The first kappa shape index (κ1) is 22.7. The molecule has 0 aromatic heterocycles. The molecule has 170 valence electrons. The van der Waals surface area contributed by atoms with E-state index in [1.54, 1.807) is 5.01 Å². The summed E-state index contributed by atoms with van der Waals surface area (Å²) in [6.45, 7) is 16.1. The van der Waals surface area contributed by atoms with Gasteiger partial charge >= 0.3 is 0 Å². The molecule has 0 N–H and O–H groups in total. The molecule has 2 aliphatic rings. The summed E-state index contributed by atoms with van der Waals surface area (Å²) in [6.07, 6.45) is 0.754. The molecule has 5 heteroatoms. The van der Waals surface area contributed by atoms with Crippen molar-refractivity contribution in [1.82, 2.24) is 14.8 Å². The Morgan fingerprint density at radius 1 is 0.906 bits per heavy atom.